The van der Waals surface area contributed by atoms with Crippen LogP contribution < -0.4 is 0 Å². The molecule has 1 aliphatic rings. The first-order chi connectivity index (χ1) is 13.5. The van der Waals surface area contributed by atoms with Crippen LogP contribution in [-0.2, 0) is 16.1 Å². The van der Waals surface area contributed by atoms with Crippen molar-refractivity contribution in [1.29, 1.82) is 0 Å². The van der Waals surface area contributed by atoms with E-state index in [1.54, 1.807) is 0 Å². The van der Waals surface area contributed by atoms with Crippen molar-refractivity contribution >= 4 is 23.0 Å². The van der Waals surface area contributed by atoms with Gasteiger partial charge in [0, 0.05) is 0 Å². The fourth-order valence-electron chi connectivity index (χ4n) is 3.25. The minimum atomic E-state index is -0.459. The molecule has 0 radical (unpaired) electrons. The Morgan fingerprint density at radius 2 is 1.04 bits per heavy atom. The van der Waals surface area contributed by atoms with Gasteiger partial charge in [-0.3, -0.25) is 14.5 Å². The van der Waals surface area contributed by atoms with E-state index in [4.69, 9.17) is 0 Å². The maximum atomic E-state index is 13.4. The van der Waals surface area contributed by atoms with Gasteiger partial charge in [0.05, 0.1) is 17.7 Å². The van der Waals surface area contributed by atoms with Gasteiger partial charge in [-0.25, -0.2) is 8.78 Å². The molecule has 0 saturated heterocycles. The van der Waals surface area contributed by atoms with Gasteiger partial charge in [0.1, 0.15) is 11.6 Å². The molecular formula is C23H15F2NO2. The average Bonchev–Trinajstić information content (AvgIpc) is 2.95. The molecule has 0 N–H and O–H groups in total. The van der Waals surface area contributed by atoms with Gasteiger partial charge >= 0.3 is 0 Å². The SMILES string of the molecule is O=C1C(c2ccc(F)cc2)=C(c2ccc(F)cc2)C(=O)N1Cc1ccccc1. The number of rotatable bonds is 4. The molecular weight excluding hydrogens is 360 g/mol. The molecule has 3 aromatic rings. The average molecular weight is 375 g/mol. The lowest BCUT2D eigenvalue weighted by molar-refractivity contribution is -0.136. The first-order valence-electron chi connectivity index (χ1n) is 8.71. The van der Waals surface area contributed by atoms with Crippen molar-refractivity contribution < 1.29 is 18.4 Å². The molecule has 0 atom stereocenters. The van der Waals surface area contributed by atoms with E-state index in [2.05, 4.69) is 0 Å². The first kappa shape index (κ1) is 17.8. The quantitative estimate of drug-likeness (QED) is 0.632. The maximum absolute atomic E-state index is 13.4. The predicted molar refractivity (Wildman–Crippen MR) is 102 cm³/mol. The normalized spacial score (nSPS) is 14.1. The number of amides is 2. The number of hydrogen-bond acceptors (Lipinski definition) is 2. The molecule has 0 spiro atoms. The summed E-state index contributed by atoms with van der Waals surface area (Å²) < 4.78 is 26.7. The molecule has 1 heterocycles. The highest BCUT2D eigenvalue weighted by molar-refractivity contribution is 6.48. The molecule has 0 bridgehead atoms. The summed E-state index contributed by atoms with van der Waals surface area (Å²) in [6.45, 7) is 0.119. The molecule has 2 amide bonds. The Morgan fingerprint density at radius 1 is 0.607 bits per heavy atom. The Balaban J connectivity index is 1.82. The standard InChI is InChI=1S/C23H15F2NO2/c24-18-10-6-16(7-11-18)20-21(17-8-12-19(25)13-9-17)23(28)26(22(20)27)14-15-4-2-1-3-5-15/h1-13H,14H2. The summed E-state index contributed by atoms with van der Waals surface area (Å²) in [5.74, 6) is -1.80. The van der Waals surface area contributed by atoms with E-state index < -0.39 is 23.4 Å². The van der Waals surface area contributed by atoms with Crippen molar-refractivity contribution in [2.45, 2.75) is 6.54 Å². The third-order valence-corrected chi connectivity index (χ3v) is 4.62. The van der Waals surface area contributed by atoms with Gasteiger partial charge in [-0.15, -0.1) is 0 Å². The summed E-state index contributed by atoms with van der Waals surface area (Å²) in [5, 5.41) is 0. The van der Waals surface area contributed by atoms with Crippen LogP contribution in [0.2, 0.25) is 0 Å². The summed E-state index contributed by atoms with van der Waals surface area (Å²) in [4.78, 5) is 27.4. The summed E-state index contributed by atoms with van der Waals surface area (Å²) >= 11 is 0. The number of carbonyl (C=O) groups excluding carboxylic acids is 2. The Hall–Kier alpha value is -3.60. The van der Waals surface area contributed by atoms with Gasteiger partial charge in [-0.2, -0.15) is 0 Å². The molecule has 3 aromatic carbocycles. The zero-order chi connectivity index (χ0) is 19.7. The summed E-state index contributed by atoms with van der Waals surface area (Å²) in [7, 11) is 0. The van der Waals surface area contributed by atoms with Crippen LogP contribution in [0.15, 0.2) is 78.9 Å². The van der Waals surface area contributed by atoms with Crippen LogP contribution in [0.3, 0.4) is 0 Å². The number of benzene rings is 3. The second-order valence-electron chi connectivity index (χ2n) is 6.45. The van der Waals surface area contributed by atoms with Crippen LogP contribution in [0.1, 0.15) is 16.7 Å². The number of carbonyl (C=O) groups is 2. The zero-order valence-corrected chi connectivity index (χ0v) is 14.7. The first-order valence-corrected chi connectivity index (χ1v) is 8.71. The Bertz CT molecular complexity index is 1000. The largest absolute Gasteiger partial charge is 0.270 e. The van der Waals surface area contributed by atoms with E-state index in [9.17, 15) is 18.4 Å². The molecule has 5 heteroatoms. The topological polar surface area (TPSA) is 37.4 Å². The van der Waals surface area contributed by atoms with Gasteiger partial charge in [-0.1, -0.05) is 54.6 Å². The van der Waals surface area contributed by atoms with Gasteiger partial charge in [0.15, 0.2) is 0 Å². The highest BCUT2D eigenvalue weighted by atomic mass is 19.1. The van der Waals surface area contributed by atoms with Crippen LogP contribution in [0, 0.1) is 11.6 Å². The van der Waals surface area contributed by atoms with E-state index in [1.807, 2.05) is 30.3 Å². The highest BCUT2D eigenvalue weighted by Crippen LogP contribution is 2.36. The second kappa shape index (κ2) is 7.19. The van der Waals surface area contributed by atoms with E-state index >= 15 is 0 Å². The van der Waals surface area contributed by atoms with Crippen molar-refractivity contribution in [2.75, 3.05) is 0 Å². The monoisotopic (exact) mass is 375 g/mol. The van der Waals surface area contributed by atoms with Crippen molar-refractivity contribution in [3.63, 3.8) is 0 Å². The molecule has 0 aromatic heterocycles. The number of nitrogens with zero attached hydrogens (tertiary/aromatic N) is 1. The molecule has 3 nitrogen and oxygen atoms in total. The van der Waals surface area contributed by atoms with E-state index in [0.717, 1.165) is 10.5 Å². The fraction of sp³-hybridized carbons (Fsp3) is 0.0435. The molecule has 0 unspecified atom stereocenters. The summed E-state index contributed by atoms with van der Waals surface area (Å²) in [6.07, 6.45) is 0. The van der Waals surface area contributed by atoms with Crippen LogP contribution in [-0.4, -0.2) is 16.7 Å². The lowest BCUT2D eigenvalue weighted by Crippen LogP contribution is -2.30. The number of hydrogen-bond donors (Lipinski definition) is 0. The minimum absolute atomic E-state index is 0.119. The van der Waals surface area contributed by atoms with Crippen LogP contribution in [0.25, 0.3) is 11.1 Å². The molecule has 0 aliphatic carbocycles. The van der Waals surface area contributed by atoms with Crippen LogP contribution in [0.5, 0.6) is 0 Å². The number of imide groups is 1. The zero-order valence-electron chi connectivity index (χ0n) is 14.7. The molecule has 0 saturated carbocycles. The van der Waals surface area contributed by atoms with Crippen LogP contribution in [0.4, 0.5) is 8.78 Å². The van der Waals surface area contributed by atoms with E-state index in [-0.39, 0.29) is 17.7 Å². The molecule has 0 fully saturated rings. The summed E-state index contributed by atoms with van der Waals surface area (Å²) in [6, 6.07) is 20.0. The predicted octanol–water partition coefficient (Wildman–Crippen LogP) is 4.44. The van der Waals surface area contributed by atoms with Crippen molar-refractivity contribution in [3.8, 4) is 0 Å². The third kappa shape index (κ3) is 3.22. The smallest absolute Gasteiger partial charge is 0.262 e. The highest BCUT2D eigenvalue weighted by Gasteiger charge is 2.39. The molecule has 28 heavy (non-hydrogen) atoms. The lowest BCUT2D eigenvalue weighted by Gasteiger charge is -2.15. The second-order valence-corrected chi connectivity index (χ2v) is 6.45. The fourth-order valence-corrected chi connectivity index (χ4v) is 3.25. The third-order valence-electron chi connectivity index (χ3n) is 4.62. The van der Waals surface area contributed by atoms with Crippen molar-refractivity contribution in [1.82, 2.24) is 4.90 Å². The Kier molecular flexibility index (Phi) is 4.57. The molecule has 138 valence electrons. The molecule has 1 aliphatic heterocycles. The number of halogens is 2. The summed E-state index contributed by atoms with van der Waals surface area (Å²) in [5.41, 5.74) is 2.06. The Morgan fingerprint density at radius 3 is 1.46 bits per heavy atom. The van der Waals surface area contributed by atoms with E-state index in [0.29, 0.717) is 11.1 Å². The van der Waals surface area contributed by atoms with Gasteiger partial charge in [0.2, 0.25) is 0 Å². The van der Waals surface area contributed by atoms with Gasteiger partial charge < -0.3 is 0 Å². The van der Waals surface area contributed by atoms with E-state index in [1.165, 1.54) is 48.5 Å². The van der Waals surface area contributed by atoms with Gasteiger partial charge in [0.25, 0.3) is 11.8 Å². The Labute approximate surface area is 160 Å². The maximum Gasteiger partial charge on any atom is 0.262 e. The molecule has 4 rings (SSSR count). The van der Waals surface area contributed by atoms with Crippen molar-refractivity contribution in [3.05, 3.63) is 107 Å². The van der Waals surface area contributed by atoms with Gasteiger partial charge in [-0.05, 0) is 41.0 Å². The van der Waals surface area contributed by atoms with Crippen molar-refractivity contribution in [2.24, 2.45) is 0 Å². The van der Waals surface area contributed by atoms with Crippen LogP contribution >= 0.6 is 0 Å². The lowest BCUT2D eigenvalue weighted by atomic mass is 9.96. The minimum Gasteiger partial charge on any atom is -0.270 e.